The van der Waals surface area contributed by atoms with Crippen LogP contribution < -0.4 is 15.0 Å². The summed E-state index contributed by atoms with van der Waals surface area (Å²) in [6, 6.07) is 4.31. The third-order valence-electron chi connectivity index (χ3n) is 5.03. The Balaban J connectivity index is 2.03. The van der Waals surface area contributed by atoms with Crippen molar-refractivity contribution in [2.75, 3.05) is 14.2 Å². The number of methoxy groups -OCH3 is 2. The molecule has 1 N–H and O–H groups in total. The zero-order valence-corrected chi connectivity index (χ0v) is 19.4. The third kappa shape index (κ3) is 4.46. The molecule has 9 nitrogen and oxygen atoms in total. The van der Waals surface area contributed by atoms with Gasteiger partial charge in [-0.3, -0.25) is 9.67 Å². The van der Waals surface area contributed by atoms with Crippen LogP contribution in [-0.4, -0.2) is 49.2 Å². The lowest BCUT2D eigenvalue weighted by atomic mass is 10.1. The van der Waals surface area contributed by atoms with Crippen LogP contribution in [0.15, 0.2) is 41.8 Å². The van der Waals surface area contributed by atoms with E-state index < -0.39 is 22.9 Å². The van der Waals surface area contributed by atoms with Crippen LogP contribution >= 0.6 is 0 Å². The second-order valence-corrected chi connectivity index (χ2v) is 8.33. The molecule has 0 saturated heterocycles. The van der Waals surface area contributed by atoms with E-state index in [1.807, 2.05) is 0 Å². The Morgan fingerprint density at radius 3 is 2.32 bits per heavy atom. The summed E-state index contributed by atoms with van der Waals surface area (Å²) in [5.41, 5.74) is 0.543. The van der Waals surface area contributed by atoms with E-state index in [0.717, 1.165) is 11.6 Å². The van der Waals surface area contributed by atoms with Crippen molar-refractivity contribution in [2.45, 2.75) is 26.0 Å². The van der Waals surface area contributed by atoms with Crippen molar-refractivity contribution in [3.63, 3.8) is 0 Å². The molecule has 1 aromatic carbocycles. The highest BCUT2D eigenvalue weighted by Gasteiger charge is 2.21. The van der Waals surface area contributed by atoms with Crippen LogP contribution in [0.5, 0.6) is 11.5 Å². The fourth-order valence-corrected chi connectivity index (χ4v) is 3.48. The van der Waals surface area contributed by atoms with Crippen LogP contribution in [-0.2, 0) is 13.6 Å². The Bertz CT molecular complexity index is 1410. The second-order valence-electron chi connectivity index (χ2n) is 8.33. The number of halogens is 2. The molecule has 0 radical (unpaired) electrons. The van der Waals surface area contributed by atoms with Crippen LogP contribution in [0.2, 0.25) is 0 Å². The molecule has 0 fully saturated rings. The first-order valence-electron chi connectivity index (χ1n) is 10.3. The summed E-state index contributed by atoms with van der Waals surface area (Å²) in [5, 5.41) is 14.7. The first-order chi connectivity index (χ1) is 16.1. The third-order valence-corrected chi connectivity index (χ3v) is 5.03. The number of aryl methyl sites for hydroxylation is 1. The molecule has 4 rings (SSSR count). The molecule has 34 heavy (non-hydrogen) atoms. The number of fused-ring (bicyclic) bond motifs is 1. The average molecular weight is 470 g/mol. The van der Waals surface area contributed by atoms with E-state index in [1.165, 1.54) is 14.2 Å². The molecule has 11 heteroatoms. The lowest BCUT2D eigenvalue weighted by Crippen LogP contribution is -2.33. The van der Waals surface area contributed by atoms with Crippen molar-refractivity contribution >= 4 is 16.9 Å². The van der Waals surface area contributed by atoms with Crippen molar-refractivity contribution in [1.29, 1.82) is 0 Å². The predicted molar refractivity (Wildman–Crippen MR) is 121 cm³/mol. The molecule has 3 heterocycles. The Labute approximate surface area is 194 Å². The minimum atomic E-state index is -1.20. The van der Waals surface area contributed by atoms with Gasteiger partial charge in [0, 0.05) is 24.9 Å². The second kappa shape index (κ2) is 8.82. The molecule has 0 atom stereocenters. The summed E-state index contributed by atoms with van der Waals surface area (Å²) in [7, 11) is 4.31. The number of hydrogen-bond acceptors (Lipinski definition) is 7. The first kappa shape index (κ1) is 23.3. The van der Waals surface area contributed by atoms with Crippen LogP contribution in [0.25, 0.3) is 22.4 Å². The number of benzene rings is 1. The van der Waals surface area contributed by atoms with Crippen molar-refractivity contribution in [3.05, 3.63) is 53.9 Å². The van der Waals surface area contributed by atoms with Crippen molar-refractivity contribution in [2.24, 2.45) is 12.0 Å². The highest BCUT2D eigenvalue weighted by Crippen LogP contribution is 2.36. The lowest BCUT2D eigenvalue weighted by Gasteiger charge is -2.21. The fraction of sp³-hybridized carbons (Fsp3) is 0.304. The van der Waals surface area contributed by atoms with E-state index in [0.29, 0.717) is 16.9 Å². The summed E-state index contributed by atoms with van der Waals surface area (Å²) in [6.07, 6.45) is 5.05. The van der Waals surface area contributed by atoms with E-state index >= 15 is 0 Å². The maximum atomic E-state index is 15.0. The summed E-state index contributed by atoms with van der Waals surface area (Å²) in [5.74, 6) is -2.40. The normalized spacial score (nSPS) is 12.4. The molecule has 0 unspecified atom stereocenters. The Morgan fingerprint density at radius 2 is 1.76 bits per heavy atom. The van der Waals surface area contributed by atoms with Gasteiger partial charge in [-0.05, 0) is 26.0 Å². The largest absolute Gasteiger partial charge is 0.493 e. The highest BCUT2D eigenvalue weighted by molar-refractivity contribution is 5.73. The number of nitrogens with zero attached hydrogens (tertiary/aromatic N) is 6. The molecule has 0 amide bonds. The summed E-state index contributed by atoms with van der Waals surface area (Å²) >= 11 is 0. The molecule has 0 aliphatic carbocycles. The highest BCUT2D eigenvalue weighted by atomic mass is 19.1. The van der Waals surface area contributed by atoms with Gasteiger partial charge in [-0.1, -0.05) is 0 Å². The van der Waals surface area contributed by atoms with Crippen molar-refractivity contribution in [3.8, 4) is 22.8 Å². The standard InChI is InChI=1S/C23H24F2N6O3/c1-23(2,32)12-31-18(29-21-19(24)16(33-4)8-17(34-5)20(21)25)7-6-14-22(31)28-15(10-26-14)13-9-27-30(3)11-13/h6-11,32H,12H2,1-5H3. The van der Waals surface area contributed by atoms with E-state index in [4.69, 9.17) is 14.5 Å². The number of aromatic nitrogens is 5. The van der Waals surface area contributed by atoms with Gasteiger partial charge in [0.25, 0.3) is 0 Å². The molecule has 0 aliphatic heterocycles. The smallest absolute Gasteiger partial charge is 0.193 e. The molecular formula is C23H24F2N6O3. The molecule has 3 aromatic heterocycles. The quantitative estimate of drug-likeness (QED) is 0.465. The molecule has 0 aliphatic rings. The molecule has 4 aromatic rings. The van der Waals surface area contributed by atoms with Gasteiger partial charge in [0.1, 0.15) is 16.7 Å². The summed E-state index contributed by atoms with van der Waals surface area (Å²) in [6.45, 7) is 3.24. The number of hydrogen-bond donors (Lipinski definition) is 1. The van der Waals surface area contributed by atoms with Gasteiger partial charge in [0.2, 0.25) is 0 Å². The Kier molecular flexibility index (Phi) is 6.05. The SMILES string of the molecule is COc1cc(OC)c(F)c(N=c2ccc3ncc(-c4cnn(C)c4)nc3n2CC(C)(C)O)c1F. The number of aliphatic hydroxyl groups is 1. The number of pyridine rings is 1. The minimum Gasteiger partial charge on any atom is -0.493 e. The van der Waals surface area contributed by atoms with Gasteiger partial charge in [-0.15, -0.1) is 0 Å². The van der Waals surface area contributed by atoms with Crippen LogP contribution in [0.1, 0.15) is 13.8 Å². The molecule has 178 valence electrons. The van der Waals surface area contributed by atoms with Gasteiger partial charge in [-0.25, -0.2) is 18.8 Å². The first-order valence-corrected chi connectivity index (χ1v) is 10.3. The van der Waals surface area contributed by atoms with Crippen LogP contribution in [0.4, 0.5) is 14.5 Å². The zero-order valence-electron chi connectivity index (χ0n) is 19.4. The van der Waals surface area contributed by atoms with E-state index in [2.05, 4.69) is 15.1 Å². The van der Waals surface area contributed by atoms with Crippen molar-refractivity contribution in [1.82, 2.24) is 24.3 Å². The maximum absolute atomic E-state index is 15.0. The zero-order chi connectivity index (χ0) is 24.6. The molecule has 0 spiro atoms. The maximum Gasteiger partial charge on any atom is 0.193 e. The fourth-order valence-electron chi connectivity index (χ4n) is 3.48. The van der Waals surface area contributed by atoms with Gasteiger partial charge >= 0.3 is 0 Å². The average Bonchev–Trinajstić information content (AvgIpc) is 3.23. The van der Waals surface area contributed by atoms with E-state index in [1.54, 1.807) is 60.9 Å². The molecule has 0 bridgehead atoms. The van der Waals surface area contributed by atoms with Gasteiger partial charge in [0.15, 0.2) is 28.8 Å². The van der Waals surface area contributed by atoms with E-state index in [-0.39, 0.29) is 23.5 Å². The van der Waals surface area contributed by atoms with Gasteiger partial charge < -0.3 is 19.1 Å². The van der Waals surface area contributed by atoms with Crippen molar-refractivity contribution < 1.29 is 23.4 Å². The monoisotopic (exact) mass is 470 g/mol. The van der Waals surface area contributed by atoms with Gasteiger partial charge in [0.05, 0.1) is 44.5 Å². The summed E-state index contributed by atoms with van der Waals surface area (Å²) < 4.78 is 43.2. The van der Waals surface area contributed by atoms with Crippen LogP contribution in [0, 0.1) is 11.6 Å². The predicted octanol–water partition coefficient (Wildman–Crippen LogP) is 3.13. The van der Waals surface area contributed by atoms with Gasteiger partial charge in [-0.2, -0.15) is 5.10 Å². The number of ether oxygens (including phenoxy) is 2. The van der Waals surface area contributed by atoms with E-state index in [9.17, 15) is 13.9 Å². The molecule has 0 saturated carbocycles. The Hall–Kier alpha value is -3.86. The minimum absolute atomic E-state index is 0.0265. The molecular weight excluding hydrogens is 446 g/mol. The Morgan fingerprint density at radius 1 is 1.09 bits per heavy atom. The number of rotatable bonds is 6. The van der Waals surface area contributed by atoms with Crippen LogP contribution in [0.3, 0.4) is 0 Å². The summed E-state index contributed by atoms with van der Waals surface area (Å²) in [4.78, 5) is 13.4. The lowest BCUT2D eigenvalue weighted by molar-refractivity contribution is 0.0614. The topological polar surface area (TPSA) is 99.6 Å².